The van der Waals surface area contributed by atoms with Crippen molar-refractivity contribution in [2.75, 3.05) is 25.0 Å². The monoisotopic (exact) mass is 433 g/mol. The lowest BCUT2D eigenvalue weighted by Crippen LogP contribution is -2.54. The van der Waals surface area contributed by atoms with E-state index >= 15 is 0 Å². The zero-order chi connectivity index (χ0) is 22.6. The fraction of sp³-hybridized carbons (Fsp3) is 0.429. The number of alkyl halides is 3. The number of fused-ring (bicyclic) bond motifs is 1. The molecule has 7 nitrogen and oxygen atoms in total. The number of aromatic nitrogens is 1. The molecule has 31 heavy (non-hydrogen) atoms. The van der Waals surface area contributed by atoms with Gasteiger partial charge in [0.2, 0.25) is 11.8 Å². The number of piperidine rings is 1. The summed E-state index contributed by atoms with van der Waals surface area (Å²) in [6.07, 6.45) is -3.27. The summed E-state index contributed by atoms with van der Waals surface area (Å²) in [6, 6.07) is 7.84. The number of nitrogens with one attached hydrogen (secondary N) is 2. The van der Waals surface area contributed by atoms with E-state index in [4.69, 9.17) is 0 Å². The molecular weight excluding hydrogens is 411 g/mol. The summed E-state index contributed by atoms with van der Waals surface area (Å²) in [5.41, 5.74) is 1.28. The highest BCUT2D eigenvalue weighted by molar-refractivity contribution is 5.95. The van der Waals surface area contributed by atoms with Crippen molar-refractivity contribution in [2.24, 2.45) is 5.92 Å². The molecule has 1 aromatic heterocycles. The van der Waals surface area contributed by atoms with E-state index in [1.807, 2.05) is 6.07 Å². The molecule has 0 radical (unpaired) electrons. The van der Waals surface area contributed by atoms with Crippen LogP contribution in [0, 0.1) is 17.2 Å². The zero-order valence-corrected chi connectivity index (χ0v) is 16.9. The number of carbonyl (C=O) groups is 2. The summed E-state index contributed by atoms with van der Waals surface area (Å²) >= 11 is 0. The van der Waals surface area contributed by atoms with Crippen LogP contribution in [0.5, 0.6) is 0 Å². The van der Waals surface area contributed by atoms with Crippen LogP contribution in [0.3, 0.4) is 0 Å². The van der Waals surface area contributed by atoms with Crippen molar-refractivity contribution in [1.29, 1.82) is 5.26 Å². The molecule has 0 spiro atoms. The molecule has 10 heteroatoms. The van der Waals surface area contributed by atoms with Gasteiger partial charge in [0.15, 0.2) is 0 Å². The summed E-state index contributed by atoms with van der Waals surface area (Å²) < 4.78 is 40.9. The van der Waals surface area contributed by atoms with Crippen molar-refractivity contribution < 1.29 is 22.8 Å². The highest BCUT2D eigenvalue weighted by atomic mass is 19.4. The van der Waals surface area contributed by atoms with Crippen LogP contribution in [-0.4, -0.2) is 49.2 Å². The molecule has 1 aliphatic heterocycles. The molecule has 2 unspecified atom stereocenters. The first-order valence-corrected chi connectivity index (χ1v) is 9.82. The van der Waals surface area contributed by atoms with Gasteiger partial charge in [-0.15, -0.1) is 0 Å². The van der Waals surface area contributed by atoms with Crippen LogP contribution in [0.1, 0.15) is 24.8 Å². The molecule has 2 aromatic rings. The van der Waals surface area contributed by atoms with Crippen molar-refractivity contribution in [1.82, 2.24) is 15.6 Å². The van der Waals surface area contributed by atoms with E-state index in [-0.39, 0.29) is 38.3 Å². The van der Waals surface area contributed by atoms with Gasteiger partial charge < -0.3 is 15.5 Å². The fourth-order valence-corrected chi connectivity index (χ4v) is 3.81. The van der Waals surface area contributed by atoms with Crippen molar-refractivity contribution in [3.05, 3.63) is 36.0 Å². The first kappa shape index (κ1) is 22.3. The van der Waals surface area contributed by atoms with E-state index in [2.05, 4.69) is 15.6 Å². The summed E-state index contributed by atoms with van der Waals surface area (Å²) in [6.45, 7) is -0.0851. The average molecular weight is 433 g/mol. The molecule has 2 heterocycles. The van der Waals surface area contributed by atoms with Gasteiger partial charge in [-0.2, -0.15) is 18.4 Å². The Hall–Kier alpha value is -3.35. The number of anilines is 1. The molecule has 1 fully saturated rings. The molecule has 2 atom stereocenters. The maximum atomic E-state index is 13.6. The third-order valence-corrected chi connectivity index (χ3v) is 5.34. The van der Waals surface area contributed by atoms with E-state index in [0.717, 1.165) is 0 Å². The van der Waals surface area contributed by atoms with E-state index in [1.54, 1.807) is 29.2 Å². The van der Waals surface area contributed by atoms with Gasteiger partial charge in [-0.1, -0.05) is 0 Å². The Morgan fingerprint density at radius 1 is 1.23 bits per heavy atom. The van der Waals surface area contributed by atoms with Crippen molar-refractivity contribution in [2.45, 2.75) is 31.5 Å². The van der Waals surface area contributed by atoms with Crippen LogP contribution < -0.4 is 15.5 Å². The van der Waals surface area contributed by atoms with Crippen molar-refractivity contribution >= 4 is 28.4 Å². The quantitative estimate of drug-likeness (QED) is 0.755. The molecular formula is C21H22F3N5O2. The maximum absolute atomic E-state index is 13.6. The lowest BCUT2D eigenvalue weighted by atomic mass is 9.92. The number of hydrogen-bond acceptors (Lipinski definition) is 5. The van der Waals surface area contributed by atoms with Crippen LogP contribution >= 0.6 is 0 Å². The minimum Gasteiger partial charge on any atom is -0.368 e. The van der Waals surface area contributed by atoms with Crippen LogP contribution in [0.15, 0.2) is 30.5 Å². The van der Waals surface area contributed by atoms with Crippen LogP contribution in [-0.2, 0) is 9.59 Å². The summed E-state index contributed by atoms with van der Waals surface area (Å²) in [5.74, 6) is -2.42. The number of nitriles is 1. The first-order chi connectivity index (χ1) is 14.7. The number of benzene rings is 1. The van der Waals surface area contributed by atoms with Gasteiger partial charge in [-0.3, -0.25) is 14.6 Å². The molecule has 1 saturated heterocycles. The maximum Gasteiger partial charge on any atom is 0.393 e. The van der Waals surface area contributed by atoms with E-state index in [1.165, 1.54) is 13.2 Å². The van der Waals surface area contributed by atoms with Gasteiger partial charge in [-0.25, -0.2) is 0 Å². The molecule has 164 valence electrons. The first-order valence-electron chi connectivity index (χ1n) is 9.82. The van der Waals surface area contributed by atoms with Gasteiger partial charge in [0.1, 0.15) is 6.07 Å². The van der Waals surface area contributed by atoms with Crippen molar-refractivity contribution in [3.8, 4) is 6.07 Å². The topological polar surface area (TPSA) is 98.1 Å². The molecule has 2 N–H and O–H groups in total. The molecule has 1 aromatic carbocycles. The minimum absolute atomic E-state index is 0.0343. The van der Waals surface area contributed by atoms with E-state index in [0.29, 0.717) is 22.2 Å². The number of hydrogen-bond donors (Lipinski definition) is 2. The highest BCUT2D eigenvalue weighted by Gasteiger charge is 2.45. The Morgan fingerprint density at radius 2 is 1.97 bits per heavy atom. The normalized spacial score (nSPS) is 19.0. The second kappa shape index (κ2) is 9.20. The summed E-state index contributed by atoms with van der Waals surface area (Å²) in [4.78, 5) is 29.3. The van der Waals surface area contributed by atoms with Gasteiger partial charge in [0, 0.05) is 56.3 Å². The predicted octanol–water partition coefficient (Wildman–Crippen LogP) is 2.51. The van der Waals surface area contributed by atoms with Gasteiger partial charge in [0.25, 0.3) is 0 Å². The molecule has 1 aliphatic rings. The van der Waals surface area contributed by atoms with Crippen LogP contribution in [0.25, 0.3) is 10.9 Å². The standard InChI is InChI=1S/C21H22F3N5O2/c1-26-18(30)6-7-19(31)28-15-9-14(21(22,23)24)11-29(12-15)17-5-4-13(10-25)20-16(17)3-2-8-27-20/h2-5,8,14-15H,6-7,9,11-12H2,1H3,(H,26,30)(H,28,31). The zero-order valence-electron chi connectivity index (χ0n) is 16.9. The van der Waals surface area contributed by atoms with Crippen LogP contribution in [0.4, 0.5) is 18.9 Å². The summed E-state index contributed by atoms with van der Waals surface area (Å²) in [5, 5.41) is 14.9. The largest absolute Gasteiger partial charge is 0.393 e. The van der Waals surface area contributed by atoms with Crippen LogP contribution in [0.2, 0.25) is 0 Å². The molecule has 0 saturated carbocycles. The van der Waals surface area contributed by atoms with Crippen molar-refractivity contribution in [3.63, 3.8) is 0 Å². The Bertz CT molecular complexity index is 1020. The average Bonchev–Trinajstić information content (AvgIpc) is 2.75. The molecule has 3 rings (SSSR count). The lowest BCUT2D eigenvalue weighted by Gasteiger charge is -2.40. The second-order valence-corrected chi connectivity index (χ2v) is 7.46. The molecule has 0 aliphatic carbocycles. The minimum atomic E-state index is -4.43. The SMILES string of the molecule is CNC(=O)CCC(=O)NC1CC(C(F)(F)F)CN(c2ccc(C#N)c3ncccc23)C1. The Labute approximate surface area is 177 Å². The molecule has 2 amide bonds. The number of amides is 2. The summed E-state index contributed by atoms with van der Waals surface area (Å²) in [7, 11) is 1.45. The number of nitrogens with zero attached hydrogens (tertiary/aromatic N) is 3. The van der Waals surface area contributed by atoms with Gasteiger partial charge >= 0.3 is 6.18 Å². The number of halogens is 3. The smallest absolute Gasteiger partial charge is 0.368 e. The number of pyridine rings is 1. The third kappa shape index (κ3) is 5.23. The van der Waals surface area contributed by atoms with E-state index in [9.17, 15) is 28.0 Å². The predicted molar refractivity (Wildman–Crippen MR) is 108 cm³/mol. The molecule has 0 bridgehead atoms. The third-order valence-electron chi connectivity index (χ3n) is 5.34. The fourth-order valence-electron chi connectivity index (χ4n) is 3.81. The highest BCUT2D eigenvalue weighted by Crippen LogP contribution is 2.37. The Balaban J connectivity index is 1.87. The second-order valence-electron chi connectivity index (χ2n) is 7.46. The van der Waals surface area contributed by atoms with E-state index < -0.39 is 24.0 Å². The number of rotatable bonds is 5. The Kier molecular flexibility index (Phi) is 6.63. The lowest BCUT2D eigenvalue weighted by molar-refractivity contribution is -0.178. The van der Waals surface area contributed by atoms with Gasteiger partial charge in [-0.05, 0) is 30.7 Å². The number of carbonyl (C=O) groups excluding carboxylic acids is 2. The van der Waals surface area contributed by atoms with Gasteiger partial charge in [0.05, 0.1) is 17.0 Å². The Morgan fingerprint density at radius 3 is 2.65 bits per heavy atom.